The molecule has 0 amide bonds. The molecule has 0 unspecified atom stereocenters. The fourth-order valence-corrected chi connectivity index (χ4v) is 9.27. The van der Waals surface area contributed by atoms with Crippen molar-refractivity contribution in [3.8, 4) is 45.3 Å². The zero-order chi connectivity index (χ0) is 29.7. The van der Waals surface area contributed by atoms with Crippen molar-refractivity contribution in [3.05, 3.63) is 152 Å². The van der Waals surface area contributed by atoms with Gasteiger partial charge in [-0.15, -0.1) is 0 Å². The molecule has 2 heterocycles. The number of hydrogen-bond donors (Lipinski definition) is 0. The van der Waals surface area contributed by atoms with Crippen molar-refractivity contribution in [2.24, 2.45) is 0 Å². The average Bonchev–Trinajstić information content (AvgIpc) is 3.51. The Bertz CT molecular complexity index is 2460. The molecule has 4 heteroatoms. The number of benzene rings is 7. The summed E-state index contributed by atoms with van der Waals surface area (Å²) >= 11 is 0.187. The van der Waals surface area contributed by atoms with Crippen LogP contribution in [0.4, 0.5) is 0 Å². The topological polar surface area (TPSA) is 38.7 Å². The first-order valence-corrected chi connectivity index (χ1v) is 16.7. The zero-order valence-electron chi connectivity index (χ0n) is 24.2. The van der Waals surface area contributed by atoms with Gasteiger partial charge in [0.05, 0.1) is 0 Å². The van der Waals surface area contributed by atoms with E-state index < -0.39 is 0 Å². The van der Waals surface area contributed by atoms with Gasteiger partial charge in [0.15, 0.2) is 0 Å². The summed E-state index contributed by atoms with van der Waals surface area (Å²) in [5.41, 5.74) is 5.55. The molecule has 0 saturated carbocycles. The molecule has 0 aliphatic carbocycles. The van der Waals surface area contributed by atoms with Crippen LogP contribution in [0, 0.1) is 0 Å². The fraction of sp³-hybridized carbons (Fsp3) is 0. The molecule has 9 rings (SSSR count). The van der Waals surface area contributed by atoms with Gasteiger partial charge in [0, 0.05) is 0 Å². The molecule has 3 nitrogen and oxygen atoms in total. The van der Waals surface area contributed by atoms with Crippen molar-refractivity contribution in [1.82, 2.24) is 15.0 Å². The number of fused-ring (bicyclic) bond motifs is 7. The Morgan fingerprint density at radius 2 is 0.889 bits per heavy atom. The van der Waals surface area contributed by atoms with E-state index in [2.05, 4.69) is 91.0 Å². The quantitative estimate of drug-likeness (QED) is 0.142. The summed E-state index contributed by atoms with van der Waals surface area (Å²) in [4.78, 5) is 14.8. The molecule has 2 aromatic heterocycles. The van der Waals surface area contributed by atoms with E-state index in [1.807, 2.05) is 60.7 Å². The van der Waals surface area contributed by atoms with E-state index >= 15 is 0 Å². The van der Waals surface area contributed by atoms with Crippen LogP contribution in [0.25, 0.3) is 86.1 Å². The van der Waals surface area contributed by atoms with Crippen LogP contribution in [0.3, 0.4) is 0 Å². The van der Waals surface area contributed by atoms with E-state index in [0.717, 1.165) is 16.7 Å². The van der Waals surface area contributed by atoms with Crippen molar-refractivity contribution >= 4 is 55.3 Å². The van der Waals surface area contributed by atoms with Crippen molar-refractivity contribution in [2.75, 3.05) is 0 Å². The summed E-state index contributed by atoms with van der Waals surface area (Å²) in [7, 11) is 0. The molecule has 9 aromatic rings. The Labute approximate surface area is 266 Å². The number of aromatic nitrogens is 3. The predicted octanol–water partition coefficient (Wildman–Crippen LogP) is 10.2. The van der Waals surface area contributed by atoms with Gasteiger partial charge in [-0.2, -0.15) is 0 Å². The van der Waals surface area contributed by atoms with Crippen molar-refractivity contribution in [2.45, 2.75) is 0 Å². The van der Waals surface area contributed by atoms with E-state index in [9.17, 15) is 0 Å². The Kier molecular flexibility index (Phi) is 6.15. The number of hydrogen-bond acceptors (Lipinski definition) is 3. The first-order valence-electron chi connectivity index (χ1n) is 15.0. The predicted molar refractivity (Wildman–Crippen MR) is 189 cm³/mol. The van der Waals surface area contributed by atoms with E-state index in [1.54, 1.807) is 0 Å². The summed E-state index contributed by atoms with van der Waals surface area (Å²) in [6.07, 6.45) is 0. The van der Waals surface area contributed by atoms with Crippen molar-refractivity contribution in [1.29, 1.82) is 0 Å². The van der Waals surface area contributed by atoms with E-state index in [1.165, 1.54) is 52.0 Å². The first-order chi connectivity index (χ1) is 22.3. The van der Waals surface area contributed by atoms with Gasteiger partial charge in [0.25, 0.3) is 0 Å². The maximum atomic E-state index is 4.97. The van der Waals surface area contributed by atoms with Gasteiger partial charge < -0.3 is 0 Å². The van der Waals surface area contributed by atoms with Gasteiger partial charge in [-0.1, -0.05) is 12.1 Å². The van der Waals surface area contributed by atoms with Crippen molar-refractivity contribution in [3.63, 3.8) is 0 Å². The van der Waals surface area contributed by atoms with Gasteiger partial charge in [0.1, 0.15) is 0 Å². The fourth-order valence-electron chi connectivity index (χ4n) is 6.32. The third kappa shape index (κ3) is 4.46. The molecule has 0 N–H and O–H groups in total. The molecule has 45 heavy (non-hydrogen) atoms. The van der Waals surface area contributed by atoms with Crippen molar-refractivity contribution < 1.29 is 0 Å². The molecule has 0 spiro atoms. The Balaban J connectivity index is 1.25. The van der Waals surface area contributed by atoms with Gasteiger partial charge in [-0.05, 0) is 0 Å². The molecule has 210 valence electrons. The van der Waals surface area contributed by atoms with Crippen LogP contribution in [0.15, 0.2) is 152 Å². The van der Waals surface area contributed by atoms with Crippen LogP contribution < -0.4 is 0 Å². The summed E-state index contributed by atoms with van der Waals surface area (Å²) in [5.74, 6) is 2.02. The molecular weight excluding hydrogens is 613 g/mol. The van der Waals surface area contributed by atoms with Gasteiger partial charge in [0.2, 0.25) is 0 Å². The third-order valence-electron chi connectivity index (χ3n) is 8.50. The van der Waals surface area contributed by atoms with Gasteiger partial charge >= 0.3 is 255 Å². The number of nitrogens with zero attached hydrogens (tertiary/aromatic N) is 3. The molecule has 0 saturated heterocycles. The second-order valence-corrected chi connectivity index (χ2v) is 13.4. The summed E-state index contributed by atoms with van der Waals surface area (Å²) < 4.78 is 2.94. The normalized spacial score (nSPS) is 11.6. The zero-order valence-corrected chi connectivity index (χ0v) is 25.9. The van der Waals surface area contributed by atoms with Crippen LogP contribution in [-0.4, -0.2) is 29.5 Å². The van der Waals surface area contributed by atoms with Gasteiger partial charge in [-0.3, -0.25) is 0 Å². The van der Waals surface area contributed by atoms with Crippen LogP contribution in [-0.2, 0) is 0 Å². The van der Waals surface area contributed by atoms with Crippen LogP contribution in [0.5, 0.6) is 0 Å². The molecule has 0 aliphatic heterocycles. The Hall–Kier alpha value is -5.41. The minimum absolute atomic E-state index is 0.187. The molecule has 0 radical (unpaired) electrons. The molecular formula is C41H25N3Se. The van der Waals surface area contributed by atoms with Gasteiger partial charge in [-0.25, -0.2) is 0 Å². The van der Waals surface area contributed by atoms with E-state index in [0.29, 0.717) is 17.5 Å². The molecule has 0 bridgehead atoms. The number of rotatable bonds is 4. The van der Waals surface area contributed by atoms with Crippen LogP contribution >= 0.6 is 0 Å². The summed E-state index contributed by atoms with van der Waals surface area (Å²) in [6, 6.07) is 53.6. The SMILES string of the molecule is c1ccc(-c2nc(-c3ccccc3)nc(-c3ccc4c(ccc5ccc6c7cccc(-c8ccccc8)c7[se]c6c54)c3)n2)cc1. The summed E-state index contributed by atoms with van der Waals surface area (Å²) in [5, 5.41) is 7.83. The molecule has 0 aliphatic rings. The second kappa shape index (κ2) is 10.6. The van der Waals surface area contributed by atoms with Crippen LogP contribution in [0.1, 0.15) is 0 Å². The molecule has 0 atom stereocenters. The minimum atomic E-state index is 0.187. The monoisotopic (exact) mass is 639 g/mol. The van der Waals surface area contributed by atoms with E-state index in [-0.39, 0.29) is 14.5 Å². The van der Waals surface area contributed by atoms with E-state index in [4.69, 9.17) is 15.0 Å². The van der Waals surface area contributed by atoms with Crippen LogP contribution in [0.2, 0.25) is 0 Å². The Morgan fingerprint density at radius 1 is 0.356 bits per heavy atom. The molecule has 0 fully saturated rings. The first kappa shape index (κ1) is 26.0. The maximum absolute atomic E-state index is 4.97. The Morgan fingerprint density at radius 3 is 1.56 bits per heavy atom. The summed E-state index contributed by atoms with van der Waals surface area (Å²) in [6.45, 7) is 0. The standard InChI is InChI=1S/C41H25N3Se/c1-4-11-26(12-5-1)33-17-10-18-34-35-24-21-27-19-20-30-25-31(22-23-32(30)36(27)38(35)45-37(33)34)41-43-39(28-13-6-2-7-14-28)42-40(44-41)29-15-8-3-9-16-29/h1-25H. The third-order valence-corrected chi connectivity index (χ3v) is 11.2. The second-order valence-electron chi connectivity index (χ2n) is 11.2. The molecule has 7 aromatic carbocycles. The average molecular weight is 639 g/mol.